The zero-order valence-corrected chi connectivity index (χ0v) is 13.3. The second kappa shape index (κ2) is 8.08. The topological polar surface area (TPSA) is 67.8 Å². The van der Waals surface area contributed by atoms with Crippen LogP contribution in [-0.2, 0) is 0 Å². The van der Waals surface area contributed by atoms with Gasteiger partial charge >= 0.3 is 0 Å². The smallest absolute Gasteiger partial charge is 0.255 e. The summed E-state index contributed by atoms with van der Waals surface area (Å²) in [6.07, 6.45) is 2.00. The molecule has 2 rings (SSSR count). The Balaban J connectivity index is 2.13. The van der Waals surface area contributed by atoms with E-state index in [1.807, 2.05) is 0 Å². The van der Waals surface area contributed by atoms with Crippen LogP contribution in [0.15, 0.2) is 42.5 Å². The van der Waals surface area contributed by atoms with Crippen molar-refractivity contribution in [3.8, 4) is 17.2 Å². The number of rotatable bonds is 7. The van der Waals surface area contributed by atoms with E-state index in [9.17, 15) is 9.90 Å². The van der Waals surface area contributed by atoms with Crippen molar-refractivity contribution in [1.29, 1.82) is 0 Å². The Hall–Kier alpha value is -2.69. The summed E-state index contributed by atoms with van der Waals surface area (Å²) in [6, 6.07) is 11.6. The van der Waals surface area contributed by atoms with Crippen molar-refractivity contribution in [2.45, 2.75) is 19.8 Å². The van der Waals surface area contributed by atoms with Crippen molar-refractivity contribution in [2.75, 3.05) is 19.0 Å². The number of hydrogen-bond acceptors (Lipinski definition) is 4. The van der Waals surface area contributed by atoms with Crippen LogP contribution >= 0.6 is 0 Å². The van der Waals surface area contributed by atoms with E-state index in [0.29, 0.717) is 29.4 Å². The molecule has 0 unspecified atom stereocenters. The number of para-hydroxylation sites is 2. The normalized spacial score (nSPS) is 10.2. The Kier molecular flexibility index (Phi) is 5.86. The first-order valence-electron chi connectivity index (χ1n) is 7.56. The minimum absolute atomic E-state index is 0.0207. The molecule has 0 aliphatic heterocycles. The van der Waals surface area contributed by atoms with Crippen molar-refractivity contribution in [3.63, 3.8) is 0 Å². The number of methoxy groups -OCH3 is 1. The monoisotopic (exact) mass is 315 g/mol. The molecule has 0 saturated carbocycles. The number of carbonyl (C=O) groups is 1. The highest BCUT2D eigenvalue weighted by Crippen LogP contribution is 2.29. The molecule has 5 heteroatoms. The molecule has 0 saturated heterocycles. The number of aromatic hydroxyl groups is 1. The molecular weight excluding hydrogens is 294 g/mol. The lowest BCUT2D eigenvalue weighted by molar-refractivity contribution is 0.102. The van der Waals surface area contributed by atoms with Gasteiger partial charge in [0.25, 0.3) is 5.91 Å². The standard InChI is InChI=1S/C18H21NO4/c1-3-4-11-23-16-10-9-13(12-17(16)22-2)18(21)19-14-7-5-6-8-15(14)20/h5-10,12,20H,3-4,11H2,1-2H3,(H,19,21). The van der Waals surface area contributed by atoms with Crippen LogP contribution < -0.4 is 14.8 Å². The van der Waals surface area contributed by atoms with Crippen molar-refractivity contribution < 1.29 is 19.4 Å². The van der Waals surface area contributed by atoms with Gasteiger partial charge in [-0.15, -0.1) is 0 Å². The molecule has 2 aromatic carbocycles. The van der Waals surface area contributed by atoms with Gasteiger partial charge in [0.15, 0.2) is 11.5 Å². The number of unbranched alkanes of at least 4 members (excludes halogenated alkanes) is 1. The zero-order chi connectivity index (χ0) is 16.7. The van der Waals surface area contributed by atoms with E-state index < -0.39 is 0 Å². The molecule has 0 bridgehead atoms. The average molecular weight is 315 g/mol. The Labute approximate surface area is 135 Å². The van der Waals surface area contributed by atoms with Crippen molar-refractivity contribution in [2.24, 2.45) is 0 Å². The molecule has 0 aliphatic rings. The summed E-state index contributed by atoms with van der Waals surface area (Å²) in [6.45, 7) is 2.70. The highest BCUT2D eigenvalue weighted by Gasteiger charge is 2.12. The van der Waals surface area contributed by atoms with Gasteiger partial charge in [-0.05, 0) is 36.8 Å². The number of benzene rings is 2. The Bertz CT molecular complexity index is 670. The third-order valence-corrected chi connectivity index (χ3v) is 3.33. The number of phenols is 1. The molecule has 0 fully saturated rings. The maximum absolute atomic E-state index is 12.3. The SMILES string of the molecule is CCCCOc1ccc(C(=O)Nc2ccccc2O)cc1OC. The fraction of sp³-hybridized carbons (Fsp3) is 0.278. The van der Waals surface area contributed by atoms with Crippen molar-refractivity contribution >= 4 is 11.6 Å². The van der Waals surface area contributed by atoms with Crippen molar-refractivity contribution in [3.05, 3.63) is 48.0 Å². The van der Waals surface area contributed by atoms with Crippen LogP contribution in [0.1, 0.15) is 30.1 Å². The van der Waals surface area contributed by atoms with Gasteiger partial charge in [-0.25, -0.2) is 0 Å². The van der Waals surface area contributed by atoms with Crippen LogP contribution in [-0.4, -0.2) is 24.7 Å². The van der Waals surface area contributed by atoms with Crippen molar-refractivity contribution in [1.82, 2.24) is 0 Å². The summed E-state index contributed by atoms with van der Waals surface area (Å²) in [4.78, 5) is 12.3. The lowest BCUT2D eigenvalue weighted by Crippen LogP contribution is -2.12. The third-order valence-electron chi connectivity index (χ3n) is 3.33. The second-order valence-electron chi connectivity index (χ2n) is 5.04. The van der Waals surface area contributed by atoms with E-state index in [1.54, 1.807) is 36.4 Å². The fourth-order valence-corrected chi connectivity index (χ4v) is 2.03. The van der Waals surface area contributed by atoms with Crippen LogP contribution in [0.4, 0.5) is 5.69 Å². The predicted octanol–water partition coefficient (Wildman–Crippen LogP) is 3.83. The number of ether oxygens (including phenoxy) is 2. The van der Waals surface area contributed by atoms with Crippen LogP contribution in [0.3, 0.4) is 0 Å². The molecule has 0 heterocycles. The first kappa shape index (κ1) is 16.7. The molecule has 0 spiro atoms. The van der Waals surface area contributed by atoms with Crippen LogP contribution in [0, 0.1) is 0 Å². The van der Waals surface area contributed by atoms with Crippen LogP contribution in [0.2, 0.25) is 0 Å². The number of amides is 1. The Morgan fingerprint density at radius 2 is 1.96 bits per heavy atom. The number of carbonyl (C=O) groups excluding carboxylic acids is 1. The highest BCUT2D eigenvalue weighted by molar-refractivity contribution is 6.05. The Morgan fingerprint density at radius 3 is 2.65 bits per heavy atom. The predicted molar refractivity (Wildman–Crippen MR) is 89.5 cm³/mol. The van der Waals surface area contributed by atoms with E-state index in [1.165, 1.54) is 13.2 Å². The molecule has 5 nitrogen and oxygen atoms in total. The second-order valence-corrected chi connectivity index (χ2v) is 5.04. The molecular formula is C18H21NO4. The first-order valence-corrected chi connectivity index (χ1v) is 7.56. The van der Waals surface area contributed by atoms with Gasteiger partial charge in [-0.2, -0.15) is 0 Å². The number of hydrogen-bond donors (Lipinski definition) is 2. The van der Waals surface area contributed by atoms with Gasteiger partial charge in [0.2, 0.25) is 0 Å². The molecule has 0 aliphatic carbocycles. The molecule has 0 radical (unpaired) electrons. The lowest BCUT2D eigenvalue weighted by Gasteiger charge is -2.12. The molecule has 0 atom stereocenters. The van der Waals surface area contributed by atoms with Gasteiger partial charge < -0.3 is 19.9 Å². The Morgan fingerprint density at radius 1 is 1.17 bits per heavy atom. The van der Waals surface area contributed by atoms with E-state index in [4.69, 9.17) is 9.47 Å². The minimum atomic E-state index is -0.329. The molecule has 23 heavy (non-hydrogen) atoms. The molecule has 0 aromatic heterocycles. The summed E-state index contributed by atoms with van der Waals surface area (Å²) in [7, 11) is 1.53. The van der Waals surface area contributed by atoms with Gasteiger partial charge in [-0.1, -0.05) is 25.5 Å². The quantitative estimate of drug-likeness (QED) is 0.602. The summed E-state index contributed by atoms with van der Waals surface area (Å²) >= 11 is 0. The average Bonchev–Trinajstić information content (AvgIpc) is 2.57. The summed E-state index contributed by atoms with van der Waals surface area (Å²) < 4.78 is 10.9. The molecule has 2 N–H and O–H groups in total. The number of nitrogens with one attached hydrogen (secondary N) is 1. The van der Waals surface area contributed by atoms with Gasteiger partial charge in [0.1, 0.15) is 5.75 Å². The van der Waals surface area contributed by atoms with E-state index in [2.05, 4.69) is 12.2 Å². The van der Waals surface area contributed by atoms with E-state index in [-0.39, 0.29) is 11.7 Å². The van der Waals surface area contributed by atoms with Gasteiger partial charge in [0.05, 0.1) is 19.4 Å². The largest absolute Gasteiger partial charge is 0.506 e. The number of anilines is 1. The number of phenolic OH excluding ortho intramolecular Hbond substituents is 1. The highest BCUT2D eigenvalue weighted by atomic mass is 16.5. The summed E-state index contributed by atoms with van der Waals surface area (Å²) in [5.74, 6) is 0.809. The maximum Gasteiger partial charge on any atom is 0.255 e. The van der Waals surface area contributed by atoms with E-state index >= 15 is 0 Å². The zero-order valence-electron chi connectivity index (χ0n) is 13.3. The van der Waals surface area contributed by atoms with Gasteiger partial charge in [-0.3, -0.25) is 4.79 Å². The minimum Gasteiger partial charge on any atom is -0.506 e. The lowest BCUT2D eigenvalue weighted by atomic mass is 10.1. The fourth-order valence-electron chi connectivity index (χ4n) is 2.03. The molecule has 1 amide bonds. The summed E-state index contributed by atoms with van der Waals surface area (Å²) in [5.41, 5.74) is 0.785. The first-order chi connectivity index (χ1) is 11.2. The summed E-state index contributed by atoms with van der Waals surface area (Å²) in [5, 5.41) is 12.4. The van der Waals surface area contributed by atoms with Crippen LogP contribution in [0.25, 0.3) is 0 Å². The molecule has 122 valence electrons. The third kappa shape index (κ3) is 4.39. The van der Waals surface area contributed by atoms with Gasteiger partial charge in [0, 0.05) is 5.56 Å². The molecule has 2 aromatic rings. The maximum atomic E-state index is 12.3. The van der Waals surface area contributed by atoms with Crippen LogP contribution in [0.5, 0.6) is 17.2 Å². The van der Waals surface area contributed by atoms with E-state index in [0.717, 1.165) is 12.8 Å².